The molecular formula is C19H22N4O2. The van der Waals surface area contributed by atoms with Crippen molar-refractivity contribution in [1.82, 2.24) is 10.3 Å². The Hall–Kier alpha value is -2.89. The number of aromatic nitrogens is 1. The lowest BCUT2D eigenvalue weighted by molar-refractivity contribution is -0.118. The third-order valence-corrected chi connectivity index (χ3v) is 4.27. The van der Waals surface area contributed by atoms with Crippen LogP contribution in [0.2, 0.25) is 0 Å². The molecule has 0 saturated heterocycles. The Morgan fingerprint density at radius 3 is 2.52 bits per heavy atom. The number of aryl methyl sites for hydroxylation is 1. The number of hydrogen-bond donors (Lipinski definition) is 2. The molecule has 0 aliphatic carbocycles. The van der Waals surface area contributed by atoms with Crippen molar-refractivity contribution in [3.63, 3.8) is 0 Å². The van der Waals surface area contributed by atoms with Crippen LogP contribution >= 0.6 is 0 Å². The van der Waals surface area contributed by atoms with E-state index in [9.17, 15) is 9.59 Å². The van der Waals surface area contributed by atoms with E-state index < -0.39 is 0 Å². The number of hydrogen-bond acceptors (Lipinski definition) is 4. The predicted molar refractivity (Wildman–Crippen MR) is 97.5 cm³/mol. The van der Waals surface area contributed by atoms with Crippen LogP contribution < -0.4 is 15.5 Å². The highest BCUT2D eigenvalue weighted by atomic mass is 16.2. The first kappa shape index (κ1) is 17.0. The molecule has 2 amide bonds. The first-order chi connectivity index (χ1) is 11.9. The molecule has 0 saturated carbocycles. The normalized spacial score (nSPS) is 16.4. The van der Waals surface area contributed by atoms with Crippen molar-refractivity contribution >= 4 is 23.3 Å². The molecule has 25 heavy (non-hydrogen) atoms. The fourth-order valence-electron chi connectivity index (χ4n) is 2.75. The van der Waals surface area contributed by atoms with Crippen molar-refractivity contribution in [3.8, 4) is 0 Å². The van der Waals surface area contributed by atoms with Gasteiger partial charge >= 0.3 is 0 Å². The molecular weight excluding hydrogens is 316 g/mol. The minimum absolute atomic E-state index is 0.0237. The van der Waals surface area contributed by atoms with Gasteiger partial charge in [-0.3, -0.25) is 9.59 Å². The summed E-state index contributed by atoms with van der Waals surface area (Å²) >= 11 is 0. The van der Waals surface area contributed by atoms with Gasteiger partial charge in [-0.1, -0.05) is 26.0 Å². The lowest BCUT2D eigenvalue weighted by Gasteiger charge is -2.35. The molecule has 2 heterocycles. The molecule has 0 spiro atoms. The van der Waals surface area contributed by atoms with Gasteiger partial charge in [0.2, 0.25) is 5.91 Å². The number of amides is 2. The monoisotopic (exact) mass is 338 g/mol. The SMILES string of the molecule is Cc1ccc2c(n1)N(C)C(c1ccc(NC(=O)C(C)C)cc1)NC2=O. The van der Waals surface area contributed by atoms with Gasteiger partial charge in [-0.05, 0) is 36.8 Å². The molecule has 1 aromatic carbocycles. The molecule has 130 valence electrons. The summed E-state index contributed by atoms with van der Waals surface area (Å²) in [5.74, 6) is 0.437. The second kappa shape index (κ2) is 6.55. The van der Waals surface area contributed by atoms with Gasteiger partial charge in [-0.25, -0.2) is 4.98 Å². The van der Waals surface area contributed by atoms with Gasteiger partial charge in [-0.15, -0.1) is 0 Å². The van der Waals surface area contributed by atoms with E-state index >= 15 is 0 Å². The van der Waals surface area contributed by atoms with E-state index in [-0.39, 0.29) is 23.9 Å². The Kier molecular flexibility index (Phi) is 4.44. The van der Waals surface area contributed by atoms with Crippen LogP contribution in [0.4, 0.5) is 11.5 Å². The second-order valence-electron chi connectivity index (χ2n) is 6.58. The minimum Gasteiger partial charge on any atom is -0.335 e. The van der Waals surface area contributed by atoms with Crippen LogP contribution in [0.1, 0.15) is 41.6 Å². The standard InChI is InChI=1S/C19H22N4O2/c1-11(2)18(24)21-14-8-6-13(7-9-14)16-22-19(25)15-10-5-12(3)20-17(15)23(16)4/h5-11,16H,1-4H3,(H,21,24)(H,22,25). The fourth-order valence-corrected chi connectivity index (χ4v) is 2.75. The average Bonchev–Trinajstić information content (AvgIpc) is 2.58. The quantitative estimate of drug-likeness (QED) is 0.902. The van der Waals surface area contributed by atoms with E-state index in [1.165, 1.54) is 0 Å². The maximum Gasteiger partial charge on any atom is 0.256 e. The largest absolute Gasteiger partial charge is 0.335 e. The average molecular weight is 338 g/mol. The molecule has 6 heteroatoms. The Bertz CT molecular complexity index is 815. The number of nitrogens with one attached hydrogen (secondary N) is 2. The molecule has 1 aliphatic rings. The third kappa shape index (κ3) is 3.33. The van der Waals surface area contributed by atoms with Crippen LogP contribution in [-0.2, 0) is 4.79 Å². The van der Waals surface area contributed by atoms with Gasteiger partial charge in [0.1, 0.15) is 12.0 Å². The number of fused-ring (bicyclic) bond motifs is 1. The van der Waals surface area contributed by atoms with Gasteiger partial charge in [0.15, 0.2) is 0 Å². The van der Waals surface area contributed by atoms with Crippen molar-refractivity contribution < 1.29 is 9.59 Å². The molecule has 0 fully saturated rings. The summed E-state index contributed by atoms with van der Waals surface area (Å²) in [6.07, 6.45) is -0.302. The highest BCUT2D eigenvalue weighted by Gasteiger charge is 2.30. The van der Waals surface area contributed by atoms with E-state index in [0.717, 1.165) is 16.9 Å². The molecule has 1 unspecified atom stereocenters. The highest BCUT2D eigenvalue weighted by Crippen LogP contribution is 2.30. The van der Waals surface area contributed by atoms with Crippen molar-refractivity contribution in [2.45, 2.75) is 26.9 Å². The number of pyridine rings is 1. The Labute approximate surface area is 147 Å². The van der Waals surface area contributed by atoms with E-state index in [0.29, 0.717) is 11.4 Å². The van der Waals surface area contributed by atoms with Crippen LogP contribution in [0.25, 0.3) is 0 Å². The molecule has 2 aromatic rings. The third-order valence-electron chi connectivity index (χ3n) is 4.27. The first-order valence-electron chi connectivity index (χ1n) is 8.29. The predicted octanol–water partition coefficient (Wildman–Crippen LogP) is 2.86. The molecule has 0 radical (unpaired) electrons. The molecule has 0 bridgehead atoms. The smallest absolute Gasteiger partial charge is 0.256 e. The van der Waals surface area contributed by atoms with E-state index in [2.05, 4.69) is 15.6 Å². The van der Waals surface area contributed by atoms with Gasteiger partial charge in [0.05, 0.1) is 5.56 Å². The van der Waals surface area contributed by atoms with E-state index in [1.807, 2.05) is 63.1 Å². The topological polar surface area (TPSA) is 74.3 Å². The summed E-state index contributed by atoms with van der Waals surface area (Å²) < 4.78 is 0. The van der Waals surface area contributed by atoms with Crippen LogP contribution in [-0.4, -0.2) is 23.8 Å². The summed E-state index contributed by atoms with van der Waals surface area (Å²) in [5, 5.41) is 5.86. The number of benzene rings is 1. The molecule has 2 N–H and O–H groups in total. The summed E-state index contributed by atoms with van der Waals surface area (Å²) in [7, 11) is 1.91. The molecule has 3 rings (SSSR count). The van der Waals surface area contributed by atoms with Gasteiger partial charge in [-0.2, -0.15) is 0 Å². The van der Waals surface area contributed by atoms with Crippen LogP contribution in [0, 0.1) is 12.8 Å². The van der Waals surface area contributed by atoms with Crippen molar-refractivity contribution in [1.29, 1.82) is 0 Å². The van der Waals surface area contributed by atoms with E-state index in [4.69, 9.17) is 0 Å². The minimum atomic E-state index is -0.302. The summed E-state index contributed by atoms with van der Waals surface area (Å²) in [5.41, 5.74) is 3.10. The summed E-state index contributed by atoms with van der Waals surface area (Å²) in [6.45, 7) is 5.60. The maximum atomic E-state index is 12.4. The summed E-state index contributed by atoms with van der Waals surface area (Å²) in [6, 6.07) is 11.1. The Morgan fingerprint density at radius 2 is 1.88 bits per heavy atom. The van der Waals surface area contributed by atoms with Crippen LogP contribution in [0.5, 0.6) is 0 Å². The zero-order valence-corrected chi connectivity index (χ0v) is 14.8. The second-order valence-corrected chi connectivity index (χ2v) is 6.58. The lowest BCUT2D eigenvalue weighted by Crippen LogP contribution is -2.45. The summed E-state index contributed by atoms with van der Waals surface area (Å²) in [4.78, 5) is 30.6. The van der Waals surface area contributed by atoms with Gasteiger partial charge < -0.3 is 15.5 Å². The Balaban J connectivity index is 1.85. The van der Waals surface area contributed by atoms with Gasteiger partial charge in [0.25, 0.3) is 5.91 Å². The zero-order chi connectivity index (χ0) is 18.1. The first-order valence-corrected chi connectivity index (χ1v) is 8.29. The molecule has 1 atom stereocenters. The highest BCUT2D eigenvalue weighted by molar-refractivity contribution is 6.01. The fraction of sp³-hybridized carbons (Fsp3) is 0.316. The molecule has 1 aromatic heterocycles. The Morgan fingerprint density at radius 1 is 1.20 bits per heavy atom. The van der Waals surface area contributed by atoms with Crippen LogP contribution in [0.3, 0.4) is 0 Å². The number of anilines is 2. The number of carbonyl (C=O) groups is 2. The van der Waals surface area contributed by atoms with Crippen molar-refractivity contribution in [3.05, 3.63) is 53.2 Å². The van der Waals surface area contributed by atoms with E-state index in [1.54, 1.807) is 6.07 Å². The molecule has 6 nitrogen and oxygen atoms in total. The lowest BCUT2D eigenvalue weighted by atomic mass is 10.1. The number of nitrogens with zero attached hydrogens (tertiary/aromatic N) is 2. The maximum absolute atomic E-state index is 12.4. The van der Waals surface area contributed by atoms with Crippen LogP contribution in [0.15, 0.2) is 36.4 Å². The van der Waals surface area contributed by atoms with Crippen molar-refractivity contribution in [2.24, 2.45) is 5.92 Å². The molecule has 1 aliphatic heterocycles. The zero-order valence-electron chi connectivity index (χ0n) is 14.8. The van der Waals surface area contributed by atoms with Crippen molar-refractivity contribution in [2.75, 3.05) is 17.3 Å². The van der Waals surface area contributed by atoms with Gasteiger partial charge in [0, 0.05) is 24.3 Å². The number of rotatable bonds is 3. The number of carbonyl (C=O) groups excluding carboxylic acids is 2.